The van der Waals surface area contributed by atoms with Gasteiger partial charge in [0.15, 0.2) is 0 Å². The maximum atomic E-state index is 15.4. The van der Waals surface area contributed by atoms with Crippen LogP contribution in [-0.2, 0) is 26.7 Å². The molecule has 0 spiro atoms. The second-order valence-corrected chi connectivity index (χ2v) is 10.9. The predicted octanol–water partition coefficient (Wildman–Crippen LogP) is 5.34. The van der Waals surface area contributed by atoms with E-state index in [9.17, 15) is 18.8 Å². The Labute approximate surface area is 224 Å². The number of nitrogens with zero attached hydrogens (tertiary/aromatic N) is 1. The summed E-state index contributed by atoms with van der Waals surface area (Å²) in [5, 5.41) is 4.83. The van der Waals surface area contributed by atoms with Crippen LogP contribution in [0.2, 0.25) is 5.02 Å². The van der Waals surface area contributed by atoms with E-state index in [1.165, 1.54) is 35.2 Å². The highest BCUT2D eigenvalue weighted by molar-refractivity contribution is 6.30. The summed E-state index contributed by atoms with van der Waals surface area (Å²) in [6, 6.07) is 5.91. The van der Waals surface area contributed by atoms with Crippen molar-refractivity contribution in [1.82, 2.24) is 10.6 Å². The van der Waals surface area contributed by atoms with Gasteiger partial charge in [-0.25, -0.2) is 18.0 Å². The number of carbonyl (C=O) groups excluding carboxylic acids is 3. The number of halogens is 4. The van der Waals surface area contributed by atoms with Crippen LogP contribution in [0.3, 0.4) is 0 Å². The summed E-state index contributed by atoms with van der Waals surface area (Å²) in [7, 11) is 0. The van der Waals surface area contributed by atoms with Crippen molar-refractivity contribution < 1.29 is 32.3 Å². The van der Waals surface area contributed by atoms with E-state index in [4.69, 9.17) is 16.3 Å². The van der Waals surface area contributed by atoms with Crippen molar-refractivity contribution in [2.75, 3.05) is 4.90 Å². The summed E-state index contributed by atoms with van der Waals surface area (Å²) >= 11 is 5.98. The molecule has 1 aliphatic rings. The molecule has 11 heteroatoms. The van der Waals surface area contributed by atoms with Crippen LogP contribution in [0.15, 0.2) is 42.5 Å². The monoisotopic (exact) mass is 553 g/mol. The fourth-order valence-electron chi connectivity index (χ4n) is 4.21. The number of anilines is 1. The molecule has 38 heavy (non-hydrogen) atoms. The third kappa shape index (κ3) is 6.98. The van der Waals surface area contributed by atoms with Gasteiger partial charge in [-0.05, 0) is 64.4 Å². The first-order chi connectivity index (χ1) is 17.6. The maximum absolute atomic E-state index is 15.4. The molecular formula is C27H31ClF3N3O4. The van der Waals surface area contributed by atoms with E-state index in [0.717, 1.165) is 6.07 Å². The average molecular weight is 554 g/mol. The molecule has 0 saturated heterocycles. The van der Waals surface area contributed by atoms with Crippen LogP contribution in [-0.4, -0.2) is 41.6 Å². The first-order valence-corrected chi connectivity index (χ1v) is 12.5. The minimum Gasteiger partial charge on any atom is -0.444 e. The van der Waals surface area contributed by atoms with E-state index in [1.54, 1.807) is 40.7 Å². The second kappa shape index (κ2) is 11.2. The van der Waals surface area contributed by atoms with Crippen molar-refractivity contribution in [2.45, 2.75) is 77.1 Å². The lowest BCUT2D eigenvalue weighted by molar-refractivity contribution is -0.131. The summed E-state index contributed by atoms with van der Waals surface area (Å²) < 4.78 is 50.4. The highest BCUT2D eigenvalue weighted by atomic mass is 35.5. The van der Waals surface area contributed by atoms with Gasteiger partial charge in [-0.2, -0.15) is 0 Å². The minimum atomic E-state index is -3.52. The number of amides is 3. The molecule has 3 amide bonds. The molecule has 0 aliphatic carbocycles. The van der Waals surface area contributed by atoms with Crippen molar-refractivity contribution in [2.24, 2.45) is 0 Å². The smallest absolute Gasteiger partial charge is 0.408 e. The van der Waals surface area contributed by atoms with Crippen LogP contribution in [0.5, 0.6) is 0 Å². The van der Waals surface area contributed by atoms with Crippen LogP contribution in [0.4, 0.5) is 23.7 Å². The highest BCUT2D eigenvalue weighted by Crippen LogP contribution is 2.43. The van der Waals surface area contributed by atoms with Crippen molar-refractivity contribution >= 4 is 35.2 Å². The van der Waals surface area contributed by atoms with Crippen LogP contribution < -0.4 is 15.5 Å². The molecule has 0 aromatic heterocycles. The van der Waals surface area contributed by atoms with Gasteiger partial charge in [0.2, 0.25) is 11.8 Å². The lowest BCUT2D eigenvalue weighted by atomic mass is 10.00. The largest absolute Gasteiger partial charge is 0.444 e. The summed E-state index contributed by atoms with van der Waals surface area (Å²) in [6.45, 7) is 8.17. The van der Waals surface area contributed by atoms with Gasteiger partial charge in [0.1, 0.15) is 23.5 Å². The van der Waals surface area contributed by atoms with E-state index >= 15 is 8.78 Å². The summed E-state index contributed by atoms with van der Waals surface area (Å²) in [6.07, 6.45) is -2.30. The Morgan fingerprint density at radius 3 is 2.45 bits per heavy atom. The first-order valence-electron chi connectivity index (χ1n) is 12.1. The standard InChI is InChI=1S/C27H31ClF3N3O4/c1-15(2)34-22-11-10-17(28)13-18(22)27(30,31)14-21(24(34)36)32-23(35)20(33-25(37)38-26(3,4)5)12-16-8-6-7-9-19(16)29/h6-11,13,15,20-21H,12,14H2,1-5H3,(H,32,35)(H,33,37)/t20-,21+/m1/s1. The van der Waals surface area contributed by atoms with E-state index in [0.29, 0.717) is 0 Å². The SMILES string of the molecule is CC(C)N1C(=O)[C@@H](NC(=O)[C@@H](Cc2ccccc2F)NC(=O)OC(C)(C)C)CC(F)(F)c2cc(Cl)ccc21. The molecule has 2 N–H and O–H groups in total. The van der Waals surface area contributed by atoms with Crippen molar-refractivity contribution in [3.63, 3.8) is 0 Å². The number of alkyl carbamates (subject to hydrolysis) is 1. The Morgan fingerprint density at radius 1 is 1.18 bits per heavy atom. The molecule has 2 atom stereocenters. The molecule has 2 aromatic rings. The van der Waals surface area contributed by atoms with Gasteiger partial charge < -0.3 is 20.3 Å². The Hall–Kier alpha value is -3.27. The van der Waals surface area contributed by atoms with Crippen LogP contribution >= 0.6 is 11.6 Å². The zero-order valence-corrected chi connectivity index (χ0v) is 22.5. The molecule has 0 radical (unpaired) electrons. The van der Waals surface area contributed by atoms with Crippen molar-refractivity contribution in [3.8, 4) is 0 Å². The summed E-state index contributed by atoms with van der Waals surface area (Å²) in [4.78, 5) is 40.5. The number of nitrogens with one attached hydrogen (secondary N) is 2. The molecule has 7 nitrogen and oxygen atoms in total. The van der Waals surface area contributed by atoms with Crippen LogP contribution in [0, 0.1) is 5.82 Å². The first kappa shape index (κ1) is 29.3. The van der Waals surface area contributed by atoms with Gasteiger partial charge >= 0.3 is 6.09 Å². The number of hydrogen-bond acceptors (Lipinski definition) is 4. The molecule has 206 valence electrons. The van der Waals surface area contributed by atoms with Gasteiger partial charge in [-0.15, -0.1) is 0 Å². The third-order valence-corrected chi connectivity index (χ3v) is 6.07. The second-order valence-electron chi connectivity index (χ2n) is 10.4. The number of rotatable bonds is 6. The highest BCUT2D eigenvalue weighted by Gasteiger charge is 2.47. The van der Waals surface area contributed by atoms with E-state index in [2.05, 4.69) is 10.6 Å². The third-order valence-electron chi connectivity index (χ3n) is 5.83. The number of alkyl halides is 2. The number of ether oxygens (including phenoxy) is 1. The van der Waals surface area contributed by atoms with Crippen molar-refractivity contribution in [3.05, 3.63) is 64.4 Å². The number of fused-ring (bicyclic) bond motifs is 1. The summed E-state index contributed by atoms with van der Waals surface area (Å²) in [5.74, 6) is -5.83. The minimum absolute atomic E-state index is 0.00839. The molecule has 0 fully saturated rings. The van der Waals surface area contributed by atoms with Crippen LogP contribution in [0.1, 0.15) is 52.2 Å². The van der Waals surface area contributed by atoms with E-state index in [1.807, 2.05) is 0 Å². The predicted molar refractivity (Wildman–Crippen MR) is 138 cm³/mol. The lowest BCUT2D eigenvalue weighted by Gasteiger charge is -2.30. The average Bonchev–Trinajstić information content (AvgIpc) is 2.86. The van der Waals surface area contributed by atoms with Gasteiger partial charge in [0.05, 0.1) is 5.69 Å². The summed E-state index contributed by atoms with van der Waals surface area (Å²) in [5.41, 5.74) is -1.23. The fraction of sp³-hybridized carbons (Fsp3) is 0.444. The zero-order chi connectivity index (χ0) is 28.4. The molecule has 0 bridgehead atoms. The molecule has 0 saturated carbocycles. The van der Waals surface area contributed by atoms with Crippen LogP contribution in [0.25, 0.3) is 0 Å². The Balaban J connectivity index is 1.93. The van der Waals surface area contributed by atoms with Gasteiger partial charge in [-0.3, -0.25) is 9.59 Å². The molecule has 1 aliphatic heterocycles. The number of carbonyl (C=O) groups is 3. The number of hydrogen-bond donors (Lipinski definition) is 2. The Bertz CT molecular complexity index is 1220. The maximum Gasteiger partial charge on any atom is 0.408 e. The Morgan fingerprint density at radius 2 is 1.84 bits per heavy atom. The fourth-order valence-corrected chi connectivity index (χ4v) is 4.38. The van der Waals surface area contributed by atoms with E-state index < -0.39 is 65.4 Å². The quantitative estimate of drug-likeness (QED) is 0.506. The lowest BCUT2D eigenvalue weighted by Crippen LogP contribution is -2.56. The van der Waals surface area contributed by atoms with Crippen molar-refractivity contribution in [1.29, 1.82) is 0 Å². The zero-order valence-electron chi connectivity index (χ0n) is 21.8. The van der Waals surface area contributed by atoms with Gasteiger partial charge in [-0.1, -0.05) is 29.8 Å². The van der Waals surface area contributed by atoms with Gasteiger partial charge in [0.25, 0.3) is 5.92 Å². The normalized spacial score (nSPS) is 17.9. The molecule has 2 aromatic carbocycles. The number of benzene rings is 2. The molecule has 1 heterocycles. The van der Waals surface area contributed by atoms with Gasteiger partial charge in [0, 0.05) is 29.5 Å². The molecule has 3 rings (SSSR count). The molecule has 0 unspecified atom stereocenters. The Kier molecular flexibility index (Phi) is 8.65. The molecular weight excluding hydrogens is 523 g/mol. The van der Waals surface area contributed by atoms with E-state index in [-0.39, 0.29) is 22.7 Å². The topological polar surface area (TPSA) is 87.7 Å².